The van der Waals surface area contributed by atoms with Gasteiger partial charge in [0.2, 0.25) is 0 Å². The number of hydrogen-bond acceptors (Lipinski definition) is 4. The summed E-state index contributed by atoms with van der Waals surface area (Å²) in [5.41, 5.74) is -0.759. The van der Waals surface area contributed by atoms with Crippen LogP contribution in [0.1, 0.15) is 40.3 Å². The quantitative estimate of drug-likeness (QED) is 0.842. The Balaban J connectivity index is 1.83. The monoisotopic (exact) mass is 339 g/mol. The van der Waals surface area contributed by atoms with E-state index in [2.05, 4.69) is 15.2 Å². The van der Waals surface area contributed by atoms with Gasteiger partial charge in [0.25, 0.3) is 5.91 Å². The SMILES string of the molecule is CCc1nnc2n1CCN(C(=O)c1ccc(C(F)(F)F)nc1C)C2. The molecule has 0 saturated heterocycles. The maximum absolute atomic E-state index is 12.7. The number of amides is 1. The highest BCUT2D eigenvalue weighted by molar-refractivity contribution is 5.95. The van der Waals surface area contributed by atoms with Gasteiger partial charge < -0.3 is 9.47 Å². The largest absolute Gasteiger partial charge is 0.433 e. The Morgan fingerprint density at radius 2 is 2.00 bits per heavy atom. The second-order valence-corrected chi connectivity index (χ2v) is 5.59. The smallest absolute Gasteiger partial charge is 0.329 e. The Bertz CT molecular complexity index is 784. The van der Waals surface area contributed by atoms with Crippen LogP contribution in [-0.2, 0) is 25.7 Å². The molecule has 0 radical (unpaired) electrons. The van der Waals surface area contributed by atoms with Gasteiger partial charge in [0.1, 0.15) is 11.5 Å². The van der Waals surface area contributed by atoms with E-state index in [4.69, 9.17) is 0 Å². The summed E-state index contributed by atoms with van der Waals surface area (Å²) in [7, 11) is 0. The molecule has 0 fully saturated rings. The lowest BCUT2D eigenvalue weighted by Crippen LogP contribution is -2.39. The molecule has 24 heavy (non-hydrogen) atoms. The molecule has 3 heterocycles. The fourth-order valence-corrected chi connectivity index (χ4v) is 2.77. The maximum Gasteiger partial charge on any atom is 0.433 e. The highest BCUT2D eigenvalue weighted by atomic mass is 19.4. The minimum absolute atomic E-state index is 0.0658. The van der Waals surface area contributed by atoms with E-state index < -0.39 is 11.9 Å². The molecule has 0 N–H and O–H groups in total. The molecule has 0 saturated carbocycles. The zero-order valence-corrected chi connectivity index (χ0v) is 13.3. The highest BCUT2D eigenvalue weighted by Crippen LogP contribution is 2.28. The summed E-state index contributed by atoms with van der Waals surface area (Å²) < 4.78 is 40.0. The first-order valence-corrected chi connectivity index (χ1v) is 7.56. The second kappa shape index (κ2) is 5.88. The standard InChI is InChI=1S/C15H16F3N5O/c1-3-12-20-21-13-8-22(6-7-23(12)13)14(24)10-4-5-11(15(16,17)18)19-9(10)2/h4-5H,3,6-8H2,1-2H3. The number of fused-ring (bicyclic) bond motifs is 1. The molecule has 2 aromatic heterocycles. The predicted octanol–water partition coefficient (Wildman–Crippen LogP) is 2.22. The number of pyridine rings is 1. The Labute approximate surface area is 136 Å². The Morgan fingerprint density at radius 3 is 2.62 bits per heavy atom. The molecule has 0 spiro atoms. The van der Waals surface area contributed by atoms with Gasteiger partial charge in [0.05, 0.1) is 17.8 Å². The molecule has 0 atom stereocenters. The van der Waals surface area contributed by atoms with Gasteiger partial charge in [-0.3, -0.25) is 4.79 Å². The van der Waals surface area contributed by atoms with Crippen LogP contribution >= 0.6 is 0 Å². The van der Waals surface area contributed by atoms with Gasteiger partial charge in [-0.25, -0.2) is 4.98 Å². The van der Waals surface area contributed by atoms with Crippen molar-refractivity contribution in [3.05, 3.63) is 40.7 Å². The van der Waals surface area contributed by atoms with Crippen molar-refractivity contribution >= 4 is 5.91 Å². The molecule has 1 amide bonds. The van der Waals surface area contributed by atoms with Crippen molar-refractivity contribution < 1.29 is 18.0 Å². The Kier molecular flexibility index (Phi) is 4.02. The van der Waals surface area contributed by atoms with E-state index in [1.54, 1.807) is 4.90 Å². The topological polar surface area (TPSA) is 63.9 Å². The molecular formula is C15H16F3N5O. The van der Waals surface area contributed by atoms with Gasteiger partial charge in [0.15, 0.2) is 5.82 Å². The number of aromatic nitrogens is 4. The third kappa shape index (κ3) is 2.85. The van der Waals surface area contributed by atoms with Crippen molar-refractivity contribution in [1.29, 1.82) is 0 Å². The number of halogens is 3. The van der Waals surface area contributed by atoms with Gasteiger partial charge in [-0.1, -0.05) is 6.92 Å². The van der Waals surface area contributed by atoms with E-state index in [0.29, 0.717) is 18.9 Å². The second-order valence-electron chi connectivity index (χ2n) is 5.59. The van der Waals surface area contributed by atoms with Crippen LogP contribution in [0.25, 0.3) is 0 Å². The van der Waals surface area contributed by atoms with E-state index in [1.807, 2.05) is 11.5 Å². The summed E-state index contributed by atoms with van der Waals surface area (Å²) in [5.74, 6) is 1.20. The zero-order valence-electron chi connectivity index (χ0n) is 13.3. The number of carbonyl (C=O) groups is 1. The maximum atomic E-state index is 12.7. The van der Waals surface area contributed by atoms with E-state index in [-0.39, 0.29) is 23.7 Å². The molecule has 6 nitrogen and oxygen atoms in total. The van der Waals surface area contributed by atoms with Crippen molar-refractivity contribution in [1.82, 2.24) is 24.6 Å². The van der Waals surface area contributed by atoms with Gasteiger partial charge >= 0.3 is 6.18 Å². The number of hydrogen-bond donors (Lipinski definition) is 0. The van der Waals surface area contributed by atoms with Crippen molar-refractivity contribution in [3.8, 4) is 0 Å². The minimum Gasteiger partial charge on any atom is -0.329 e. The summed E-state index contributed by atoms with van der Waals surface area (Å²) >= 11 is 0. The lowest BCUT2D eigenvalue weighted by molar-refractivity contribution is -0.141. The lowest BCUT2D eigenvalue weighted by Gasteiger charge is -2.28. The number of nitrogens with zero attached hydrogens (tertiary/aromatic N) is 5. The Hall–Kier alpha value is -2.45. The fraction of sp³-hybridized carbons (Fsp3) is 0.467. The van der Waals surface area contributed by atoms with Crippen molar-refractivity contribution in [2.45, 2.75) is 39.5 Å². The fourth-order valence-electron chi connectivity index (χ4n) is 2.77. The summed E-state index contributed by atoms with van der Waals surface area (Å²) in [6, 6.07) is 2.02. The molecule has 128 valence electrons. The van der Waals surface area contributed by atoms with Crippen molar-refractivity contribution in [3.63, 3.8) is 0 Å². The number of alkyl halides is 3. The number of carbonyl (C=O) groups excluding carboxylic acids is 1. The van der Waals surface area contributed by atoms with Crippen LogP contribution in [-0.4, -0.2) is 37.1 Å². The number of aryl methyl sites for hydroxylation is 2. The summed E-state index contributed by atoms with van der Waals surface area (Å²) in [6.45, 7) is 4.70. The molecule has 0 aromatic carbocycles. The van der Waals surface area contributed by atoms with Crippen LogP contribution < -0.4 is 0 Å². The van der Waals surface area contributed by atoms with E-state index >= 15 is 0 Å². The average molecular weight is 339 g/mol. The van der Waals surface area contributed by atoms with Crippen LogP contribution in [0.15, 0.2) is 12.1 Å². The van der Waals surface area contributed by atoms with Gasteiger partial charge in [0, 0.05) is 19.5 Å². The summed E-state index contributed by atoms with van der Waals surface area (Å²) in [6.07, 6.45) is -3.77. The van der Waals surface area contributed by atoms with Crippen LogP contribution in [0.2, 0.25) is 0 Å². The molecule has 2 aromatic rings. The first-order chi connectivity index (χ1) is 11.3. The third-order valence-corrected chi connectivity index (χ3v) is 4.04. The number of rotatable bonds is 2. The van der Waals surface area contributed by atoms with E-state index in [9.17, 15) is 18.0 Å². The van der Waals surface area contributed by atoms with Crippen LogP contribution in [0.4, 0.5) is 13.2 Å². The Morgan fingerprint density at radius 1 is 1.25 bits per heavy atom. The van der Waals surface area contributed by atoms with Gasteiger partial charge in [-0.2, -0.15) is 13.2 Å². The minimum atomic E-state index is -4.52. The lowest BCUT2D eigenvalue weighted by atomic mass is 10.1. The molecule has 9 heteroatoms. The zero-order chi connectivity index (χ0) is 17.5. The molecule has 3 rings (SSSR count). The molecule has 0 bridgehead atoms. The molecule has 1 aliphatic heterocycles. The first-order valence-electron chi connectivity index (χ1n) is 7.56. The van der Waals surface area contributed by atoms with E-state index in [1.165, 1.54) is 13.0 Å². The molecule has 0 unspecified atom stereocenters. The molecular weight excluding hydrogens is 323 g/mol. The molecule has 1 aliphatic rings. The third-order valence-electron chi connectivity index (χ3n) is 4.04. The molecule has 0 aliphatic carbocycles. The van der Waals surface area contributed by atoms with Crippen LogP contribution in [0.3, 0.4) is 0 Å². The predicted molar refractivity (Wildman–Crippen MR) is 78.1 cm³/mol. The van der Waals surface area contributed by atoms with Crippen molar-refractivity contribution in [2.75, 3.05) is 6.54 Å². The van der Waals surface area contributed by atoms with Gasteiger partial charge in [-0.05, 0) is 19.1 Å². The van der Waals surface area contributed by atoms with Crippen molar-refractivity contribution in [2.24, 2.45) is 0 Å². The average Bonchev–Trinajstić information content (AvgIpc) is 2.95. The first kappa shape index (κ1) is 16.4. The highest BCUT2D eigenvalue weighted by Gasteiger charge is 2.33. The summed E-state index contributed by atoms with van der Waals surface area (Å²) in [5, 5.41) is 8.15. The van der Waals surface area contributed by atoms with Crippen LogP contribution in [0.5, 0.6) is 0 Å². The van der Waals surface area contributed by atoms with Crippen LogP contribution in [0, 0.1) is 6.92 Å². The summed E-state index contributed by atoms with van der Waals surface area (Å²) in [4.78, 5) is 17.7. The van der Waals surface area contributed by atoms with Gasteiger partial charge in [-0.15, -0.1) is 10.2 Å². The normalized spacial score (nSPS) is 14.6. The van der Waals surface area contributed by atoms with E-state index in [0.717, 1.165) is 18.3 Å².